The van der Waals surface area contributed by atoms with Gasteiger partial charge in [-0.1, -0.05) is 6.07 Å². The minimum atomic E-state index is -0.560. The Bertz CT molecular complexity index is 503. The number of methoxy groups -OCH3 is 1. The molecular formula is C14H15NO4. The van der Waals surface area contributed by atoms with Crippen LogP contribution in [0.25, 0.3) is 6.08 Å². The second-order valence-electron chi connectivity index (χ2n) is 3.44. The zero-order chi connectivity index (χ0) is 14.1. The fourth-order valence-electron chi connectivity index (χ4n) is 1.38. The SMILES string of the molecule is CCOc1cc(/C=C/C(=O)OCC#N)ccc1OC. The quantitative estimate of drug-likeness (QED) is 0.580. The van der Waals surface area contributed by atoms with E-state index in [1.165, 1.54) is 6.08 Å². The maximum Gasteiger partial charge on any atom is 0.331 e. The van der Waals surface area contributed by atoms with Crippen LogP contribution < -0.4 is 9.47 Å². The molecule has 19 heavy (non-hydrogen) atoms. The zero-order valence-electron chi connectivity index (χ0n) is 10.9. The Hall–Kier alpha value is -2.48. The van der Waals surface area contributed by atoms with Gasteiger partial charge >= 0.3 is 5.97 Å². The largest absolute Gasteiger partial charge is 0.493 e. The Balaban J connectivity index is 2.79. The van der Waals surface area contributed by atoms with Crippen molar-refractivity contribution < 1.29 is 19.0 Å². The second-order valence-corrected chi connectivity index (χ2v) is 3.44. The number of nitriles is 1. The van der Waals surface area contributed by atoms with Crippen molar-refractivity contribution in [2.24, 2.45) is 0 Å². The first-order valence-electron chi connectivity index (χ1n) is 5.74. The van der Waals surface area contributed by atoms with Crippen LogP contribution in [0.2, 0.25) is 0 Å². The highest BCUT2D eigenvalue weighted by molar-refractivity contribution is 5.87. The predicted molar refractivity (Wildman–Crippen MR) is 69.8 cm³/mol. The Morgan fingerprint density at radius 3 is 2.84 bits per heavy atom. The first-order valence-corrected chi connectivity index (χ1v) is 5.74. The number of esters is 1. The summed E-state index contributed by atoms with van der Waals surface area (Å²) < 4.78 is 15.2. The van der Waals surface area contributed by atoms with E-state index in [4.69, 9.17) is 14.7 Å². The van der Waals surface area contributed by atoms with Gasteiger partial charge in [-0.05, 0) is 30.7 Å². The summed E-state index contributed by atoms with van der Waals surface area (Å²) in [5.74, 6) is 0.680. The van der Waals surface area contributed by atoms with Gasteiger partial charge in [0.15, 0.2) is 18.1 Å². The van der Waals surface area contributed by atoms with Crippen molar-refractivity contribution in [3.05, 3.63) is 29.8 Å². The Labute approximate surface area is 112 Å². The van der Waals surface area contributed by atoms with Crippen molar-refractivity contribution in [3.63, 3.8) is 0 Å². The van der Waals surface area contributed by atoms with Crippen LogP contribution in [0.5, 0.6) is 11.5 Å². The highest BCUT2D eigenvalue weighted by atomic mass is 16.5. The smallest absolute Gasteiger partial charge is 0.331 e. The topological polar surface area (TPSA) is 68.5 Å². The molecular weight excluding hydrogens is 246 g/mol. The molecule has 0 saturated heterocycles. The molecule has 0 aliphatic rings. The summed E-state index contributed by atoms with van der Waals surface area (Å²) in [6.07, 6.45) is 2.84. The summed E-state index contributed by atoms with van der Waals surface area (Å²) in [7, 11) is 1.56. The van der Waals surface area contributed by atoms with Crippen LogP contribution in [-0.4, -0.2) is 26.3 Å². The van der Waals surface area contributed by atoms with E-state index in [1.807, 2.05) is 6.92 Å². The average Bonchev–Trinajstić information content (AvgIpc) is 2.43. The van der Waals surface area contributed by atoms with E-state index in [2.05, 4.69) is 4.74 Å². The third-order valence-corrected chi connectivity index (χ3v) is 2.18. The average molecular weight is 261 g/mol. The van der Waals surface area contributed by atoms with E-state index < -0.39 is 5.97 Å². The molecule has 0 N–H and O–H groups in total. The summed E-state index contributed by atoms with van der Waals surface area (Å²) in [6, 6.07) is 7.03. The van der Waals surface area contributed by atoms with Crippen LogP contribution in [0.4, 0.5) is 0 Å². The Kier molecular flexibility index (Phi) is 5.96. The van der Waals surface area contributed by atoms with Crippen LogP contribution in [0.3, 0.4) is 0 Å². The molecule has 0 heterocycles. The van der Waals surface area contributed by atoms with Crippen LogP contribution in [0.1, 0.15) is 12.5 Å². The Morgan fingerprint density at radius 2 is 2.21 bits per heavy atom. The summed E-state index contributed by atoms with van der Waals surface area (Å²) in [5, 5.41) is 8.27. The van der Waals surface area contributed by atoms with E-state index >= 15 is 0 Å². The van der Waals surface area contributed by atoms with Crippen molar-refractivity contribution in [2.75, 3.05) is 20.3 Å². The van der Waals surface area contributed by atoms with Gasteiger partial charge in [-0.2, -0.15) is 5.26 Å². The van der Waals surface area contributed by atoms with E-state index in [1.54, 1.807) is 37.5 Å². The molecule has 0 atom stereocenters. The molecule has 1 aromatic carbocycles. The molecule has 0 saturated carbocycles. The van der Waals surface area contributed by atoms with Crippen LogP contribution in [0.15, 0.2) is 24.3 Å². The molecule has 0 fully saturated rings. The minimum Gasteiger partial charge on any atom is -0.493 e. The molecule has 0 aromatic heterocycles. The van der Waals surface area contributed by atoms with Crippen molar-refractivity contribution in [2.45, 2.75) is 6.92 Å². The maximum atomic E-state index is 11.2. The molecule has 5 heteroatoms. The normalized spacial score (nSPS) is 9.95. The summed E-state index contributed by atoms with van der Waals surface area (Å²) in [4.78, 5) is 11.2. The van der Waals surface area contributed by atoms with Gasteiger partial charge in [0.05, 0.1) is 13.7 Å². The van der Waals surface area contributed by atoms with Crippen LogP contribution in [0, 0.1) is 11.3 Å². The molecule has 0 amide bonds. The van der Waals surface area contributed by atoms with Crippen molar-refractivity contribution >= 4 is 12.0 Å². The van der Waals surface area contributed by atoms with E-state index in [0.717, 1.165) is 5.56 Å². The minimum absolute atomic E-state index is 0.254. The Morgan fingerprint density at radius 1 is 1.42 bits per heavy atom. The van der Waals surface area contributed by atoms with Gasteiger partial charge in [0.2, 0.25) is 0 Å². The number of ether oxygens (including phenoxy) is 3. The van der Waals surface area contributed by atoms with E-state index in [0.29, 0.717) is 18.1 Å². The maximum absolute atomic E-state index is 11.2. The molecule has 0 radical (unpaired) electrons. The first-order chi connectivity index (χ1) is 9.21. The van der Waals surface area contributed by atoms with Crippen molar-refractivity contribution in [3.8, 4) is 17.6 Å². The monoisotopic (exact) mass is 261 g/mol. The third-order valence-electron chi connectivity index (χ3n) is 2.18. The second kappa shape index (κ2) is 7.77. The number of carbonyl (C=O) groups is 1. The van der Waals surface area contributed by atoms with E-state index in [9.17, 15) is 4.79 Å². The highest BCUT2D eigenvalue weighted by Gasteiger charge is 2.04. The fourth-order valence-corrected chi connectivity index (χ4v) is 1.38. The molecule has 1 aromatic rings. The summed E-state index contributed by atoms with van der Waals surface area (Å²) >= 11 is 0. The summed E-state index contributed by atoms with van der Waals surface area (Å²) in [5.41, 5.74) is 0.776. The third kappa shape index (κ3) is 4.72. The molecule has 0 unspecified atom stereocenters. The number of hydrogen-bond donors (Lipinski definition) is 0. The molecule has 5 nitrogen and oxygen atoms in total. The molecule has 100 valence electrons. The molecule has 1 rings (SSSR count). The van der Waals surface area contributed by atoms with Crippen LogP contribution in [-0.2, 0) is 9.53 Å². The van der Waals surface area contributed by atoms with Crippen LogP contribution >= 0.6 is 0 Å². The lowest BCUT2D eigenvalue weighted by atomic mass is 10.2. The highest BCUT2D eigenvalue weighted by Crippen LogP contribution is 2.28. The molecule has 0 aliphatic heterocycles. The van der Waals surface area contributed by atoms with Gasteiger partial charge in [0, 0.05) is 6.08 Å². The first kappa shape index (κ1) is 14.6. The lowest BCUT2D eigenvalue weighted by molar-refractivity contribution is -0.136. The number of carbonyl (C=O) groups excluding carboxylic acids is 1. The van der Waals surface area contributed by atoms with Gasteiger partial charge in [-0.3, -0.25) is 0 Å². The molecule has 0 spiro atoms. The fraction of sp³-hybridized carbons (Fsp3) is 0.286. The lowest BCUT2D eigenvalue weighted by Gasteiger charge is -2.09. The van der Waals surface area contributed by atoms with E-state index in [-0.39, 0.29) is 6.61 Å². The molecule has 0 bridgehead atoms. The number of nitrogens with zero attached hydrogens (tertiary/aromatic N) is 1. The number of benzene rings is 1. The van der Waals surface area contributed by atoms with Crippen molar-refractivity contribution in [1.82, 2.24) is 0 Å². The lowest BCUT2D eigenvalue weighted by Crippen LogP contribution is -2.00. The van der Waals surface area contributed by atoms with Gasteiger partial charge in [-0.15, -0.1) is 0 Å². The standard InChI is InChI=1S/C14H15NO4/c1-3-18-13-10-11(4-6-12(13)17-2)5-7-14(16)19-9-8-15/h4-7,10H,3,9H2,1-2H3/b7-5+. The predicted octanol–water partition coefficient (Wildman–Crippen LogP) is 2.17. The number of rotatable bonds is 6. The van der Waals surface area contributed by atoms with Gasteiger partial charge in [0.25, 0.3) is 0 Å². The van der Waals surface area contributed by atoms with Gasteiger partial charge in [0.1, 0.15) is 6.07 Å². The molecule has 0 aliphatic carbocycles. The zero-order valence-corrected chi connectivity index (χ0v) is 10.9. The summed E-state index contributed by atoms with van der Waals surface area (Å²) in [6.45, 7) is 2.14. The van der Waals surface area contributed by atoms with Gasteiger partial charge in [-0.25, -0.2) is 4.79 Å². The number of hydrogen-bond acceptors (Lipinski definition) is 5. The van der Waals surface area contributed by atoms with Crippen molar-refractivity contribution in [1.29, 1.82) is 5.26 Å². The van der Waals surface area contributed by atoms with Gasteiger partial charge < -0.3 is 14.2 Å².